The van der Waals surface area contributed by atoms with Crippen molar-refractivity contribution in [3.63, 3.8) is 0 Å². The Hall–Kier alpha value is -1.62. The summed E-state index contributed by atoms with van der Waals surface area (Å²) < 4.78 is 29.5. The zero-order valence-electron chi connectivity index (χ0n) is 12.8. The highest BCUT2D eigenvalue weighted by atomic mass is 32.2. The van der Waals surface area contributed by atoms with Crippen LogP contribution in [-0.4, -0.2) is 26.7 Å². The Morgan fingerprint density at radius 2 is 1.95 bits per heavy atom. The van der Waals surface area contributed by atoms with E-state index in [1.165, 1.54) is 0 Å². The SMILES string of the molecule is Cc1ccc(S(=O)(=O)CCC(=O)OCC2CC=CCC2)cc1. The molecule has 2 rings (SSSR count). The first-order valence-electron chi connectivity index (χ1n) is 7.57. The predicted octanol–water partition coefficient (Wildman–Crippen LogP) is 3.06. The van der Waals surface area contributed by atoms with Crippen LogP contribution in [0.5, 0.6) is 0 Å². The van der Waals surface area contributed by atoms with Gasteiger partial charge in [0.15, 0.2) is 9.84 Å². The highest BCUT2D eigenvalue weighted by molar-refractivity contribution is 7.91. The van der Waals surface area contributed by atoms with Crippen LogP contribution >= 0.6 is 0 Å². The molecule has 1 aliphatic rings. The van der Waals surface area contributed by atoms with Gasteiger partial charge in [0.25, 0.3) is 0 Å². The van der Waals surface area contributed by atoms with Gasteiger partial charge in [0.05, 0.1) is 23.7 Å². The summed E-state index contributed by atoms with van der Waals surface area (Å²) in [6.07, 6.45) is 7.10. The summed E-state index contributed by atoms with van der Waals surface area (Å²) in [6, 6.07) is 6.65. The third-order valence-corrected chi connectivity index (χ3v) is 5.54. The smallest absolute Gasteiger partial charge is 0.306 e. The molecule has 0 bridgehead atoms. The minimum atomic E-state index is -3.43. The maximum Gasteiger partial charge on any atom is 0.306 e. The fourth-order valence-electron chi connectivity index (χ4n) is 2.37. The number of carbonyl (C=O) groups is 1. The van der Waals surface area contributed by atoms with Gasteiger partial charge in [-0.15, -0.1) is 0 Å². The Labute approximate surface area is 132 Å². The van der Waals surface area contributed by atoms with E-state index in [-0.39, 0.29) is 17.1 Å². The Kier molecular flexibility index (Phi) is 5.77. The van der Waals surface area contributed by atoms with E-state index in [9.17, 15) is 13.2 Å². The number of aryl methyl sites for hydroxylation is 1. The molecule has 1 unspecified atom stereocenters. The third kappa shape index (κ3) is 4.98. The zero-order chi connectivity index (χ0) is 16.0. The largest absolute Gasteiger partial charge is 0.465 e. The topological polar surface area (TPSA) is 60.4 Å². The molecule has 0 fully saturated rings. The van der Waals surface area contributed by atoms with Gasteiger partial charge in [0.1, 0.15) is 0 Å². The summed E-state index contributed by atoms with van der Waals surface area (Å²) in [5.74, 6) is -0.285. The van der Waals surface area contributed by atoms with Gasteiger partial charge in [-0.25, -0.2) is 8.42 Å². The van der Waals surface area contributed by atoms with Crippen LogP contribution in [0.15, 0.2) is 41.3 Å². The molecule has 1 atom stereocenters. The van der Waals surface area contributed by atoms with Crippen LogP contribution in [0.25, 0.3) is 0 Å². The van der Waals surface area contributed by atoms with Gasteiger partial charge in [-0.05, 0) is 44.2 Å². The van der Waals surface area contributed by atoms with Crippen molar-refractivity contribution in [1.29, 1.82) is 0 Å². The lowest BCUT2D eigenvalue weighted by Gasteiger charge is -2.17. The first-order chi connectivity index (χ1) is 10.5. The van der Waals surface area contributed by atoms with Crippen LogP contribution < -0.4 is 0 Å². The summed E-state index contributed by atoms with van der Waals surface area (Å²) >= 11 is 0. The molecule has 1 aliphatic carbocycles. The Morgan fingerprint density at radius 1 is 1.23 bits per heavy atom. The Morgan fingerprint density at radius 3 is 2.59 bits per heavy atom. The number of hydrogen-bond acceptors (Lipinski definition) is 4. The van der Waals surface area contributed by atoms with Crippen LogP contribution in [-0.2, 0) is 19.4 Å². The van der Waals surface area contributed by atoms with Crippen molar-refractivity contribution in [2.24, 2.45) is 5.92 Å². The summed E-state index contributed by atoms with van der Waals surface area (Å²) in [5, 5.41) is 0. The van der Waals surface area contributed by atoms with E-state index in [2.05, 4.69) is 12.2 Å². The Bertz CT molecular complexity index is 629. The third-order valence-electron chi connectivity index (χ3n) is 3.81. The fourth-order valence-corrected chi connectivity index (χ4v) is 3.59. The average molecular weight is 322 g/mol. The molecule has 1 aromatic rings. The summed E-state index contributed by atoms with van der Waals surface area (Å²) in [4.78, 5) is 12.0. The van der Waals surface area contributed by atoms with Gasteiger partial charge in [-0.1, -0.05) is 29.8 Å². The van der Waals surface area contributed by atoms with Crippen molar-refractivity contribution < 1.29 is 17.9 Å². The Balaban J connectivity index is 1.79. The number of ether oxygens (including phenoxy) is 1. The number of allylic oxidation sites excluding steroid dienone is 2. The lowest BCUT2D eigenvalue weighted by molar-refractivity contribution is -0.144. The molecule has 0 aliphatic heterocycles. The molecule has 0 saturated carbocycles. The van der Waals surface area contributed by atoms with Crippen molar-refractivity contribution in [3.8, 4) is 0 Å². The molecule has 0 spiro atoms. The molecule has 0 heterocycles. The molecule has 5 heteroatoms. The molecule has 4 nitrogen and oxygen atoms in total. The molecule has 120 valence electrons. The van der Waals surface area contributed by atoms with Crippen molar-refractivity contribution in [2.75, 3.05) is 12.4 Å². The molecule has 0 saturated heterocycles. The highest BCUT2D eigenvalue weighted by Gasteiger charge is 2.18. The number of rotatable bonds is 6. The molecule has 0 aromatic heterocycles. The molecular formula is C17H22O4S. The number of benzene rings is 1. The standard InChI is InChI=1S/C17H22O4S/c1-14-7-9-16(10-8-14)22(19,20)12-11-17(18)21-13-15-5-3-2-4-6-15/h2-3,7-10,15H,4-6,11-13H2,1H3. The van der Waals surface area contributed by atoms with E-state index >= 15 is 0 Å². The normalized spacial score (nSPS) is 18.1. The molecule has 0 N–H and O–H groups in total. The second-order valence-corrected chi connectivity index (χ2v) is 7.82. The quantitative estimate of drug-likeness (QED) is 0.596. The summed E-state index contributed by atoms with van der Waals surface area (Å²) in [7, 11) is -3.43. The molecule has 0 amide bonds. The lowest BCUT2D eigenvalue weighted by Crippen LogP contribution is -2.18. The van der Waals surface area contributed by atoms with Crippen LogP contribution in [0.3, 0.4) is 0 Å². The zero-order valence-corrected chi connectivity index (χ0v) is 13.6. The van der Waals surface area contributed by atoms with Crippen molar-refractivity contribution >= 4 is 15.8 Å². The van der Waals surface area contributed by atoms with E-state index in [1.54, 1.807) is 24.3 Å². The fraction of sp³-hybridized carbons (Fsp3) is 0.471. The van der Waals surface area contributed by atoms with Crippen LogP contribution in [0.2, 0.25) is 0 Å². The molecular weight excluding hydrogens is 300 g/mol. The average Bonchev–Trinajstić information content (AvgIpc) is 2.52. The molecule has 1 aromatic carbocycles. The maximum atomic E-state index is 12.1. The van der Waals surface area contributed by atoms with E-state index in [1.807, 2.05) is 6.92 Å². The number of hydrogen-bond donors (Lipinski definition) is 0. The number of esters is 1. The molecule has 0 radical (unpaired) electrons. The van der Waals surface area contributed by atoms with Gasteiger partial charge in [-0.3, -0.25) is 4.79 Å². The van der Waals surface area contributed by atoms with Gasteiger partial charge in [0.2, 0.25) is 0 Å². The lowest BCUT2D eigenvalue weighted by atomic mass is 9.95. The summed E-state index contributed by atoms with van der Waals surface area (Å²) in [6.45, 7) is 2.28. The monoisotopic (exact) mass is 322 g/mol. The first-order valence-corrected chi connectivity index (χ1v) is 9.22. The van der Waals surface area contributed by atoms with Crippen LogP contribution in [0.4, 0.5) is 0 Å². The highest BCUT2D eigenvalue weighted by Crippen LogP contribution is 2.18. The second kappa shape index (κ2) is 7.58. The van der Waals surface area contributed by atoms with Crippen molar-refractivity contribution in [2.45, 2.75) is 37.5 Å². The van der Waals surface area contributed by atoms with Gasteiger partial charge in [0, 0.05) is 0 Å². The minimum absolute atomic E-state index is 0.0984. The van der Waals surface area contributed by atoms with E-state index < -0.39 is 15.8 Å². The molecule has 22 heavy (non-hydrogen) atoms. The number of sulfone groups is 1. The summed E-state index contributed by atoms with van der Waals surface area (Å²) in [5.41, 5.74) is 1.000. The maximum absolute atomic E-state index is 12.1. The second-order valence-electron chi connectivity index (χ2n) is 5.72. The minimum Gasteiger partial charge on any atom is -0.465 e. The van der Waals surface area contributed by atoms with E-state index in [0.29, 0.717) is 12.5 Å². The van der Waals surface area contributed by atoms with Crippen molar-refractivity contribution in [3.05, 3.63) is 42.0 Å². The van der Waals surface area contributed by atoms with Crippen molar-refractivity contribution in [1.82, 2.24) is 0 Å². The van der Waals surface area contributed by atoms with Crippen LogP contribution in [0.1, 0.15) is 31.2 Å². The van der Waals surface area contributed by atoms with Gasteiger partial charge >= 0.3 is 5.97 Å². The first kappa shape index (κ1) is 16.7. The van der Waals surface area contributed by atoms with Crippen LogP contribution in [0, 0.1) is 12.8 Å². The van der Waals surface area contributed by atoms with Gasteiger partial charge < -0.3 is 4.74 Å². The van der Waals surface area contributed by atoms with E-state index in [4.69, 9.17) is 4.74 Å². The van der Waals surface area contributed by atoms with E-state index in [0.717, 1.165) is 24.8 Å². The van der Waals surface area contributed by atoms with Gasteiger partial charge in [-0.2, -0.15) is 0 Å². The predicted molar refractivity (Wildman–Crippen MR) is 85.3 cm³/mol. The number of carbonyl (C=O) groups excluding carboxylic acids is 1.